The van der Waals surface area contributed by atoms with Gasteiger partial charge in [0.05, 0.1) is 6.04 Å². The molecule has 0 fully saturated rings. The molecular formula is C14H18N2O2. The van der Waals surface area contributed by atoms with Gasteiger partial charge in [-0.25, -0.2) is 0 Å². The topological polar surface area (TPSA) is 49.4 Å². The molecule has 96 valence electrons. The SMILES string of the molecule is CCC(=O)NC(=O)C(C)N1Cc2ccccc2C1. The summed E-state index contributed by atoms with van der Waals surface area (Å²) in [5.41, 5.74) is 2.53. The van der Waals surface area contributed by atoms with E-state index in [2.05, 4.69) is 22.3 Å². The van der Waals surface area contributed by atoms with Crippen LogP contribution in [0.3, 0.4) is 0 Å². The highest BCUT2D eigenvalue weighted by Crippen LogP contribution is 2.23. The third-order valence-corrected chi connectivity index (χ3v) is 3.38. The largest absolute Gasteiger partial charge is 0.295 e. The Bertz CT molecular complexity index is 446. The van der Waals surface area contributed by atoms with Crippen molar-refractivity contribution in [1.82, 2.24) is 10.2 Å². The smallest absolute Gasteiger partial charge is 0.243 e. The Balaban J connectivity index is 1.98. The fraction of sp³-hybridized carbons (Fsp3) is 0.429. The van der Waals surface area contributed by atoms with Crippen LogP contribution in [0, 0.1) is 0 Å². The van der Waals surface area contributed by atoms with E-state index in [0.717, 1.165) is 13.1 Å². The first-order chi connectivity index (χ1) is 8.61. The number of benzene rings is 1. The number of fused-ring (bicyclic) bond motifs is 1. The quantitative estimate of drug-likeness (QED) is 0.878. The highest BCUT2D eigenvalue weighted by atomic mass is 16.2. The molecule has 1 unspecified atom stereocenters. The molecule has 0 saturated carbocycles. The fourth-order valence-electron chi connectivity index (χ4n) is 2.13. The van der Waals surface area contributed by atoms with Gasteiger partial charge in [-0.2, -0.15) is 0 Å². The van der Waals surface area contributed by atoms with Gasteiger partial charge in [0.15, 0.2) is 0 Å². The average molecular weight is 246 g/mol. The van der Waals surface area contributed by atoms with Crippen LogP contribution in [0.5, 0.6) is 0 Å². The Hall–Kier alpha value is -1.68. The zero-order valence-corrected chi connectivity index (χ0v) is 10.8. The van der Waals surface area contributed by atoms with Crippen LogP contribution in [0.1, 0.15) is 31.4 Å². The van der Waals surface area contributed by atoms with E-state index in [0.29, 0.717) is 6.42 Å². The number of imide groups is 1. The summed E-state index contributed by atoms with van der Waals surface area (Å²) in [6.45, 7) is 5.11. The molecule has 0 spiro atoms. The summed E-state index contributed by atoms with van der Waals surface area (Å²) in [6.07, 6.45) is 0.332. The highest BCUT2D eigenvalue weighted by Gasteiger charge is 2.27. The number of rotatable bonds is 3. The second kappa shape index (κ2) is 5.31. The van der Waals surface area contributed by atoms with E-state index in [-0.39, 0.29) is 17.9 Å². The van der Waals surface area contributed by atoms with Crippen molar-refractivity contribution in [1.29, 1.82) is 0 Å². The van der Waals surface area contributed by atoms with Gasteiger partial charge in [0.25, 0.3) is 0 Å². The molecule has 4 nitrogen and oxygen atoms in total. The average Bonchev–Trinajstić information content (AvgIpc) is 2.81. The number of carbonyl (C=O) groups excluding carboxylic acids is 2. The molecule has 1 aliphatic rings. The molecule has 1 aromatic carbocycles. The maximum atomic E-state index is 11.9. The third-order valence-electron chi connectivity index (χ3n) is 3.38. The summed E-state index contributed by atoms with van der Waals surface area (Å²) in [5, 5.41) is 2.41. The van der Waals surface area contributed by atoms with Crippen molar-refractivity contribution in [3.63, 3.8) is 0 Å². The molecular weight excluding hydrogens is 228 g/mol. The van der Waals surface area contributed by atoms with Gasteiger partial charge in [0.2, 0.25) is 11.8 Å². The van der Waals surface area contributed by atoms with Crippen LogP contribution in [-0.2, 0) is 22.7 Å². The Labute approximate surface area is 107 Å². The van der Waals surface area contributed by atoms with Crippen molar-refractivity contribution in [2.75, 3.05) is 0 Å². The predicted octanol–water partition coefficient (Wildman–Crippen LogP) is 1.44. The number of hydrogen-bond acceptors (Lipinski definition) is 3. The molecule has 0 saturated heterocycles. The fourth-order valence-corrected chi connectivity index (χ4v) is 2.13. The third kappa shape index (κ3) is 2.59. The van der Waals surface area contributed by atoms with Crippen molar-refractivity contribution < 1.29 is 9.59 Å². The minimum atomic E-state index is -0.284. The number of hydrogen-bond donors (Lipinski definition) is 1. The summed E-state index contributed by atoms with van der Waals surface area (Å²) in [5.74, 6) is -0.432. The summed E-state index contributed by atoms with van der Waals surface area (Å²) in [6, 6.07) is 7.89. The molecule has 0 aliphatic carbocycles. The van der Waals surface area contributed by atoms with Crippen molar-refractivity contribution in [2.24, 2.45) is 0 Å². The minimum absolute atomic E-state index is 0.213. The van der Waals surface area contributed by atoms with Crippen LogP contribution >= 0.6 is 0 Å². The number of amides is 2. The zero-order chi connectivity index (χ0) is 13.1. The van der Waals surface area contributed by atoms with Crippen LogP contribution in [-0.4, -0.2) is 22.8 Å². The van der Waals surface area contributed by atoms with Crippen molar-refractivity contribution in [2.45, 2.75) is 39.4 Å². The van der Waals surface area contributed by atoms with Gasteiger partial charge in [-0.1, -0.05) is 31.2 Å². The van der Waals surface area contributed by atoms with Crippen LogP contribution in [0.4, 0.5) is 0 Å². The standard InChI is InChI=1S/C14H18N2O2/c1-3-13(17)15-14(18)10(2)16-8-11-6-4-5-7-12(11)9-16/h4-7,10H,3,8-9H2,1-2H3,(H,15,17,18). The molecule has 1 atom stereocenters. The Morgan fingerprint density at radius 2 is 1.83 bits per heavy atom. The van der Waals surface area contributed by atoms with Crippen LogP contribution < -0.4 is 5.32 Å². The van der Waals surface area contributed by atoms with Crippen molar-refractivity contribution >= 4 is 11.8 Å². The lowest BCUT2D eigenvalue weighted by molar-refractivity contribution is -0.133. The molecule has 1 aromatic rings. The second-order valence-corrected chi connectivity index (χ2v) is 4.62. The number of nitrogens with zero attached hydrogens (tertiary/aromatic N) is 1. The normalized spacial score (nSPS) is 16.1. The van der Waals surface area contributed by atoms with Gasteiger partial charge < -0.3 is 0 Å². The van der Waals surface area contributed by atoms with E-state index < -0.39 is 0 Å². The maximum absolute atomic E-state index is 11.9. The Kier molecular flexibility index (Phi) is 3.77. The van der Waals surface area contributed by atoms with E-state index >= 15 is 0 Å². The molecule has 18 heavy (non-hydrogen) atoms. The molecule has 1 N–H and O–H groups in total. The lowest BCUT2D eigenvalue weighted by Crippen LogP contribution is -2.44. The summed E-state index contributed by atoms with van der Waals surface area (Å²) in [7, 11) is 0. The maximum Gasteiger partial charge on any atom is 0.243 e. The summed E-state index contributed by atoms with van der Waals surface area (Å²) < 4.78 is 0. The summed E-state index contributed by atoms with van der Waals surface area (Å²) in [4.78, 5) is 25.2. The van der Waals surface area contributed by atoms with Crippen LogP contribution in [0.15, 0.2) is 24.3 Å². The lowest BCUT2D eigenvalue weighted by Gasteiger charge is -2.22. The van der Waals surface area contributed by atoms with Gasteiger partial charge >= 0.3 is 0 Å². The molecule has 0 bridgehead atoms. The van der Waals surface area contributed by atoms with Crippen molar-refractivity contribution in [3.8, 4) is 0 Å². The van der Waals surface area contributed by atoms with Gasteiger partial charge in [-0.05, 0) is 18.1 Å². The molecule has 2 amide bonds. The van der Waals surface area contributed by atoms with Crippen LogP contribution in [0.2, 0.25) is 0 Å². The highest BCUT2D eigenvalue weighted by molar-refractivity contribution is 5.97. The molecule has 1 aliphatic heterocycles. The minimum Gasteiger partial charge on any atom is -0.295 e. The monoisotopic (exact) mass is 246 g/mol. The predicted molar refractivity (Wildman–Crippen MR) is 68.6 cm³/mol. The molecule has 4 heteroatoms. The second-order valence-electron chi connectivity index (χ2n) is 4.62. The molecule has 1 heterocycles. The van der Waals surface area contributed by atoms with E-state index in [4.69, 9.17) is 0 Å². The van der Waals surface area contributed by atoms with Crippen molar-refractivity contribution in [3.05, 3.63) is 35.4 Å². The first-order valence-corrected chi connectivity index (χ1v) is 6.26. The molecule has 0 radical (unpaired) electrons. The Morgan fingerprint density at radius 3 is 2.33 bits per heavy atom. The van der Waals surface area contributed by atoms with Gasteiger partial charge in [-0.3, -0.25) is 19.8 Å². The van der Waals surface area contributed by atoms with E-state index in [1.807, 2.05) is 19.1 Å². The first kappa shape index (κ1) is 12.8. The molecule has 0 aromatic heterocycles. The summed E-state index contributed by atoms with van der Waals surface area (Å²) >= 11 is 0. The lowest BCUT2D eigenvalue weighted by atomic mass is 10.1. The van der Waals surface area contributed by atoms with Crippen LogP contribution in [0.25, 0.3) is 0 Å². The Morgan fingerprint density at radius 1 is 1.28 bits per heavy atom. The number of nitrogens with one attached hydrogen (secondary N) is 1. The van der Waals surface area contributed by atoms with E-state index in [1.54, 1.807) is 6.92 Å². The first-order valence-electron chi connectivity index (χ1n) is 6.26. The van der Waals surface area contributed by atoms with Gasteiger partial charge in [0, 0.05) is 19.5 Å². The van der Waals surface area contributed by atoms with E-state index in [9.17, 15) is 9.59 Å². The van der Waals surface area contributed by atoms with Gasteiger partial charge in [0.1, 0.15) is 0 Å². The number of carbonyl (C=O) groups is 2. The zero-order valence-electron chi connectivity index (χ0n) is 10.8. The molecule has 2 rings (SSSR count). The van der Waals surface area contributed by atoms with Gasteiger partial charge in [-0.15, -0.1) is 0 Å². The van der Waals surface area contributed by atoms with E-state index in [1.165, 1.54) is 11.1 Å².